The maximum Gasteiger partial charge on any atom is 0.355 e. The highest BCUT2D eigenvalue weighted by atomic mass is 16.5. The molecule has 0 radical (unpaired) electrons. The number of aryl methyl sites for hydroxylation is 1. The van der Waals surface area contributed by atoms with E-state index in [2.05, 4.69) is 10.3 Å². The van der Waals surface area contributed by atoms with Crippen LogP contribution in [0.5, 0.6) is 0 Å². The summed E-state index contributed by atoms with van der Waals surface area (Å²) in [7, 11) is 0. The molecule has 7 heteroatoms. The van der Waals surface area contributed by atoms with Crippen LogP contribution in [0.3, 0.4) is 0 Å². The van der Waals surface area contributed by atoms with Crippen molar-refractivity contribution in [2.45, 2.75) is 40.5 Å². The fourth-order valence-corrected chi connectivity index (χ4v) is 3.59. The molecule has 1 atom stereocenters. The van der Waals surface area contributed by atoms with Gasteiger partial charge in [-0.2, -0.15) is 0 Å². The normalized spacial score (nSPS) is 17.8. The number of esters is 1. The minimum atomic E-state index is -0.443. The van der Waals surface area contributed by atoms with Crippen molar-refractivity contribution in [2.24, 2.45) is 5.92 Å². The predicted octanol–water partition coefficient (Wildman–Crippen LogP) is 1.84. The highest BCUT2D eigenvalue weighted by Crippen LogP contribution is 2.22. The van der Waals surface area contributed by atoms with Crippen LogP contribution < -0.4 is 5.32 Å². The topological polar surface area (TPSA) is 91.5 Å². The quantitative estimate of drug-likeness (QED) is 0.570. The minimum absolute atomic E-state index is 0.0386. The number of aromatic amines is 1. The van der Waals surface area contributed by atoms with Gasteiger partial charge in [0.2, 0.25) is 5.91 Å². The van der Waals surface area contributed by atoms with E-state index in [0.717, 1.165) is 19.4 Å². The van der Waals surface area contributed by atoms with Gasteiger partial charge < -0.3 is 15.0 Å². The lowest BCUT2D eigenvalue weighted by Crippen LogP contribution is -2.44. The minimum Gasteiger partial charge on any atom is -0.461 e. The number of piperidine rings is 1. The third-order valence-corrected chi connectivity index (χ3v) is 4.79. The SMILES string of the molecule is CCNC(=O)C1CCCN(CC(=O)c2c(C)[nH]c(C(=O)OCC)c2C)C1. The maximum atomic E-state index is 12.8. The summed E-state index contributed by atoms with van der Waals surface area (Å²) in [6.45, 7) is 9.74. The Morgan fingerprint density at radius 1 is 1.27 bits per heavy atom. The Morgan fingerprint density at radius 2 is 2.00 bits per heavy atom. The summed E-state index contributed by atoms with van der Waals surface area (Å²) in [5.41, 5.74) is 2.19. The zero-order valence-corrected chi connectivity index (χ0v) is 16.1. The molecule has 1 aromatic heterocycles. The van der Waals surface area contributed by atoms with Gasteiger partial charge >= 0.3 is 5.97 Å². The molecule has 0 bridgehead atoms. The first-order chi connectivity index (χ1) is 12.4. The van der Waals surface area contributed by atoms with Crippen LogP contribution in [0.25, 0.3) is 0 Å². The first kappa shape index (κ1) is 20.2. The highest BCUT2D eigenvalue weighted by molar-refractivity contribution is 6.03. The summed E-state index contributed by atoms with van der Waals surface area (Å²) in [6.07, 6.45) is 1.75. The van der Waals surface area contributed by atoms with Crippen LogP contribution in [0, 0.1) is 19.8 Å². The van der Waals surface area contributed by atoms with Gasteiger partial charge in [0.25, 0.3) is 0 Å². The average Bonchev–Trinajstić information content (AvgIpc) is 2.90. The molecule has 2 N–H and O–H groups in total. The van der Waals surface area contributed by atoms with Gasteiger partial charge in [-0.1, -0.05) is 0 Å². The Hall–Kier alpha value is -2.15. The van der Waals surface area contributed by atoms with Crippen LogP contribution in [0.2, 0.25) is 0 Å². The molecule has 1 aliphatic rings. The van der Waals surface area contributed by atoms with E-state index in [1.165, 1.54) is 0 Å². The van der Waals surface area contributed by atoms with Crippen molar-refractivity contribution in [3.63, 3.8) is 0 Å². The van der Waals surface area contributed by atoms with E-state index in [1.807, 2.05) is 11.8 Å². The molecule has 1 unspecified atom stereocenters. The summed E-state index contributed by atoms with van der Waals surface area (Å²) >= 11 is 0. The van der Waals surface area contributed by atoms with Gasteiger partial charge in [0, 0.05) is 24.3 Å². The van der Waals surface area contributed by atoms with Crippen molar-refractivity contribution in [1.29, 1.82) is 0 Å². The number of rotatable bonds is 7. The van der Waals surface area contributed by atoms with Crippen LogP contribution in [0.4, 0.5) is 0 Å². The van der Waals surface area contributed by atoms with E-state index in [-0.39, 0.29) is 30.8 Å². The average molecular weight is 363 g/mol. The molecule has 1 fully saturated rings. The molecule has 1 aliphatic heterocycles. The molecular weight excluding hydrogens is 334 g/mol. The largest absolute Gasteiger partial charge is 0.461 e. The third-order valence-electron chi connectivity index (χ3n) is 4.79. The molecule has 2 heterocycles. The van der Waals surface area contributed by atoms with E-state index in [4.69, 9.17) is 4.74 Å². The lowest BCUT2D eigenvalue weighted by atomic mass is 9.96. The number of ether oxygens (including phenoxy) is 1. The molecule has 0 spiro atoms. The third kappa shape index (κ3) is 4.52. The molecule has 2 rings (SSSR count). The lowest BCUT2D eigenvalue weighted by molar-refractivity contribution is -0.126. The van der Waals surface area contributed by atoms with E-state index in [9.17, 15) is 14.4 Å². The number of likely N-dealkylation sites (tertiary alicyclic amines) is 1. The molecule has 0 saturated carbocycles. The molecule has 1 aromatic rings. The number of H-pyrrole nitrogens is 1. The van der Waals surface area contributed by atoms with Crippen LogP contribution >= 0.6 is 0 Å². The van der Waals surface area contributed by atoms with E-state index < -0.39 is 5.97 Å². The van der Waals surface area contributed by atoms with Crippen LogP contribution in [-0.2, 0) is 9.53 Å². The Labute approximate surface area is 154 Å². The molecule has 0 aromatic carbocycles. The Kier molecular flexibility index (Phi) is 6.97. The summed E-state index contributed by atoms with van der Waals surface area (Å²) in [4.78, 5) is 41.9. The Morgan fingerprint density at radius 3 is 2.65 bits per heavy atom. The van der Waals surface area contributed by atoms with E-state index in [0.29, 0.717) is 35.6 Å². The second kappa shape index (κ2) is 8.98. The number of aromatic nitrogens is 1. The number of hydrogen-bond acceptors (Lipinski definition) is 5. The van der Waals surface area contributed by atoms with Crippen LogP contribution in [0.1, 0.15) is 58.8 Å². The molecule has 0 aliphatic carbocycles. The van der Waals surface area contributed by atoms with Gasteiger partial charge in [-0.3, -0.25) is 14.5 Å². The first-order valence-electron chi connectivity index (χ1n) is 9.28. The Balaban J connectivity index is 2.08. The van der Waals surface area contributed by atoms with Gasteiger partial charge in [-0.15, -0.1) is 0 Å². The molecule has 26 heavy (non-hydrogen) atoms. The molecular formula is C19H29N3O4. The number of amides is 1. The van der Waals surface area contributed by atoms with Crippen LogP contribution in [-0.4, -0.2) is 60.3 Å². The number of nitrogens with zero attached hydrogens (tertiary/aromatic N) is 1. The standard InChI is InChI=1S/C19H29N3O4/c1-5-20-18(24)14-8-7-9-22(10-14)11-15(23)16-12(3)17(21-13(16)4)19(25)26-6-2/h14,21H,5-11H2,1-4H3,(H,20,24). The van der Waals surface area contributed by atoms with Gasteiger partial charge in [-0.25, -0.2) is 4.79 Å². The van der Waals surface area contributed by atoms with E-state index >= 15 is 0 Å². The summed E-state index contributed by atoms with van der Waals surface area (Å²) in [5.74, 6) is -0.493. The number of carbonyl (C=O) groups is 3. The van der Waals surface area contributed by atoms with Crippen molar-refractivity contribution >= 4 is 17.7 Å². The number of hydrogen-bond donors (Lipinski definition) is 2. The zero-order chi connectivity index (χ0) is 19.3. The van der Waals surface area contributed by atoms with Crippen molar-refractivity contribution in [2.75, 3.05) is 32.8 Å². The van der Waals surface area contributed by atoms with Crippen molar-refractivity contribution in [1.82, 2.24) is 15.2 Å². The first-order valence-corrected chi connectivity index (χ1v) is 9.28. The van der Waals surface area contributed by atoms with Crippen molar-refractivity contribution in [3.05, 3.63) is 22.5 Å². The van der Waals surface area contributed by atoms with Gasteiger partial charge in [-0.05, 0) is 52.6 Å². The van der Waals surface area contributed by atoms with Gasteiger partial charge in [0.05, 0.1) is 19.1 Å². The fraction of sp³-hybridized carbons (Fsp3) is 0.632. The fourth-order valence-electron chi connectivity index (χ4n) is 3.59. The zero-order valence-electron chi connectivity index (χ0n) is 16.1. The summed E-state index contributed by atoms with van der Waals surface area (Å²) in [6, 6.07) is 0. The predicted molar refractivity (Wildman–Crippen MR) is 98.4 cm³/mol. The number of ketones is 1. The van der Waals surface area contributed by atoms with Crippen LogP contribution in [0.15, 0.2) is 0 Å². The maximum absolute atomic E-state index is 12.8. The summed E-state index contributed by atoms with van der Waals surface area (Å²) < 4.78 is 5.03. The van der Waals surface area contributed by atoms with Crippen molar-refractivity contribution < 1.29 is 19.1 Å². The molecule has 1 saturated heterocycles. The smallest absolute Gasteiger partial charge is 0.355 e. The lowest BCUT2D eigenvalue weighted by Gasteiger charge is -2.31. The molecule has 7 nitrogen and oxygen atoms in total. The van der Waals surface area contributed by atoms with Gasteiger partial charge in [0.15, 0.2) is 5.78 Å². The number of nitrogens with one attached hydrogen (secondary N) is 2. The monoisotopic (exact) mass is 363 g/mol. The molecule has 1 amide bonds. The molecule has 144 valence electrons. The summed E-state index contributed by atoms with van der Waals surface area (Å²) in [5, 5.41) is 2.86. The number of Topliss-reactive ketones (excluding diaryl/α,β-unsaturated/α-hetero) is 1. The van der Waals surface area contributed by atoms with Gasteiger partial charge in [0.1, 0.15) is 5.69 Å². The second-order valence-electron chi connectivity index (χ2n) is 6.74. The second-order valence-corrected chi connectivity index (χ2v) is 6.74. The number of carbonyl (C=O) groups excluding carboxylic acids is 3. The Bertz CT molecular complexity index is 681. The highest BCUT2D eigenvalue weighted by Gasteiger charge is 2.28. The van der Waals surface area contributed by atoms with Crippen molar-refractivity contribution in [3.8, 4) is 0 Å². The van der Waals surface area contributed by atoms with E-state index in [1.54, 1.807) is 20.8 Å².